The van der Waals surface area contributed by atoms with Gasteiger partial charge in [0.25, 0.3) is 5.92 Å². The predicted molar refractivity (Wildman–Crippen MR) is 140 cm³/mol. The summed E-state index contributed by atoms with van der Waals surface area (Å²) in [5.74, 6) is -3.06. The minimum Gasteiger partial charge on any atom is -0.324 e. The fourth-order valence-corrected chi connectivity index (χ4v) is 5.28. The zero-order chi connectivity index (χ0) is 28.9. The molecule has 4 heterocycles. The maximum atomic E-state index is 15.0. The van der Waals surface area contributed by atoms with Crippen molar-refractivity contribution in [2.75, 3.05) is 38.0 Å². The number of hydrogen-bond acceptors (Lipinski definition) is 6. The third kappa shape index (κ3) is 6.17. The molecule has 8 nitrogen and oxygen atoms in total. The zero-order valence-corrected chi connectivity index (χ0v) is 22.1. The molecule has 2 N–H and O–H groups in total. The van der Waals surface area contributed by atoms with Gasteiger partial charge >= 0.3 is 6.18 Å². The number of benzene rings is 1. The minimum atomic E-state index is -4.20. The molecule has 2 fully saturated rings. The lowest BCUT2D eigenvalue weighted by Crippen LogP contribution is -2.49. The van der Waals surface area contributed by atoms with E-state index in [2.05, 4.69) is 30.3 Å². The van der Waals surface area contributed by atoms with Crippen LogP contribution in [0.3, 0.4) is 0 Å². The zero-order valence-electron chi connectivity index (χ0n) is 22.1. The van der Waals surface area contributed by atoms with E-state index in [4.69, 9.17) is 0 Å². The minimum absolute atomic E-state index is 0.0361. The molecule has 0 amide bonds. The summed E-state index contributed by atoms with van der Waals surface area (Å²) in [5.41, 5.74) is 2.62. The van der Waals surface area contributed by atoms with Crippen molar-refractivity contribution in [3.05, 3.63) is 54.2 Å². The first-order valence-corrected chi connectivity index (χ1v) is 13.3. The Kier molecular flexibility index (Phi) is 6.92. The van der Waals surface area contributed by atoms with Gasteiger partial charge in [0.1, 0.15) is 11.6 Å². The van der Waals surface area contributed by atoms with Crippen molar-refractivity contribution in [1.82, 2.24) is 34.5 Å². The molecule has 2 unspecified atom stereocenters. The van der Waals surface area contributed by atoms with E-state index in [0.29, 0.717) is 54.5 Å². The summed E-state index contributed by atoms with van der Waals surface area (Å²) >= 11 is 0. The molecule has 1 aromatic carbocycles. The van der Waals surface area contributed by atoms with Gasteiger partial charge in [-0.2, -0.15) is 18.3 Å². The van der Waals surface area contributed by atoms with Gasteiger partial charge in [0.05, 0.1) is 23.8 Å². The van der Waals surface area contributed by atoms with Crippen LogP contribution < -0.4 is 5.32 Å². The second-order valence-electron chi connectivity index (χ2n) is 10.8. The second-order valence-corrected chi connectivity index (χ2v) is 10.8. The number of aromatic amines is 1. The largest absolute Gasteiger partial charge is 0.401 e. The van der Waals surface area contributed by atoms with Crippen molar-refractivity contribution < 1.29 is 26.3 Å². The smallest absolute Gasteiger partial charge is 0.324 e. The molecule has 14 heteroatoms. The number of rotatable bonds is 8. The van der Waals surface area contributed by atoms with Crippen molar-refractivity contribution in [2.45, 2.75) is 38.0 Å². The van der Waals surface area contributed by atoms with Gasteiger partial charge in [-0.25, -0.2) is 23.1 Å². The molecule has 41 heavy (non-hydrogen) atoms. The molecule has 1 aliphatic heterocycles. The molecule has 0 bridgehead atoms. The number of piperazine rings is 1. The Morgan fingerprint density at radius 1 is 1.15 bits per heavy atom. The normalized spacial score (nSPS) is 20.4. The maximum absolute atomic E-state index is 15.0. The average Bonchev–Trinajstić information content (AvgIpc) is 3.23. The predicted octanol–water partition coefficient (Wildman–Crippen LogP) is 5.60. The molecular formula is C27H28F6N8. The topological polar surface area (TPSA) is 77.9 Å². The van der Waals surface area contributed by atoms with E-state index in [9.17, 15) is 26.3 Å². The quantitative estimate of drug-likeness (QED) is 0.265. The second kappa shape index (κ2) is 10.3. The SMILES string of the molecule is CC(c1ccnc(Nc2nc3cc(-c4cnn(CC5CC5(F)F)c4)c(F)cc3[nH]2)c1)N1CCN(CC(F)(F)F)CC1. The molecule has 1 saturated heterocycles. The highest BCUT2D eigenvalue weighted by atomic mass is 19.4. The van der Waals surface area contributed by atoms with Crippen molar-refractivity contribution in [2.24, 2.45) is 5.92 Å². The van der Waals surface area contributed by atoms with E-state index in [-0.39, 0.29) is 24.6 Å². The number of anilines is 2. The van der Waals surface area contributed by atoms with E-state index in [0.717, 1.165) is 5.56 Å². The molecule has 0 spiro atoms. The van der Waals surface area contributed by atoms with Crippen molar-refractivity contribution in [1.29, 1.82) is 0 Å². The van der Waals surface area contributed by atoms with Gasteiger partial charge in [0, 0.05) is 80.7 Å². The van der Waals surface area contributed by atoms with Crippen LogP contribution in [0.1, 0.15) is 24.9 Å². The van der Waals surface area contributed by atoms with Gasteiger partial charge in [-0.1, -0.05) is 0 Å². The van der Waals surface area contributed by atoms with Gasteiger partial charge in [-0.3, -0.25) is 14.5 Å². The summed E-state index contributed by atoms with van der Waals surface area (Å²) < 4.78 is 81.0. The van der Waals surface area contributed by atoms with Crippen LogP contribution in [0.25, 0.3) is 22.2 Å². The standard InChI is InChI=1S/C27H28F6N8/c1-16(40-6-4-39(5-7-40)15-27(31,32)33)17-2-3-34-24(8-17)38-25-36-22-9-20(21(28)10-23(22)37-25)18-12-35-41(13-18)14-19-11-26(19,29)30/h2-3,8-10,12-13,16,19H,4-7,11,14-15H2,1H3,(H2,34,36,37,38). The summed E-state index contributed by atoms with van der Waals surface area (Å²) in [6, 6.07) is 6.57. The molecule has 2 aliphatic rings. The van der Waals surface area contributed by atoms with Gasteiger partial charge in [-0.05, 0) is 30.7 Å². The highest BCUT2D eigenvalue weighted by Crippen LogP contribution is 2.49. The number of hydrogen-bond donors (Lipinski definition) is 2. The lowest BCUT2D eigenvalue weighted by Gasteiger charge is -2.38. The van der Waals surface area contributed by atoms with Gasteiger partial charge in [0.15, 0.2) is 0 Å². The van der Waals surface area contributed by atoms with Crippen LogP contribution in [-0.2, 0) is 6.54 Å². The van der Waals surface area contributed by atoms with Crippen LogP contribution in [0.15, 0.2) is 42.9 Å². The van der Waals surface area contributed by atoms with E-state index in [1.54, 1.807) is 18.5 Å². The summed E-state index contributed by atoms with van der Waals surface area (Å²) in [6.45, 7) is 2.91. The van der Waals surface area contributed by atoms with Gasteiger partial charge in [-0.15, -0.1) is 0 Å². The summed E-state index contributed by atoms with van der Waals surface area (Å²) in [7, 11) is 0. The Hall–Kier alpha value is -3.65. The molecule has 2 atom stereocenters. The third-order valence-corrected chi connectivity index (χ3v) is 7.75. The first-order valence-electron chi connectivity index (χ1n) is 13.3. The maximum Gasteiger partial charge on any atom is 0.401 e. The first-order chi connectivity index (χ1) is 19.4. The lowest BCUT2D eigenvalue weighted by molar-refractivity contribution is -0.149. The number of nitrogens with one attached hydrogen (secondary N) is 2. The Bertz CT molecular complexity index is 1540. The fraction of sp³-hybridized carbons (Fsp3) is 0.444. The molecule has 0 radical (unpaired) electrons. The molecular weight excluding hydrogens is 550 g/mol. The number of alkyl halides is 5. The van der Waals surface area contributed by atoms with E-state index in [1.165, 1.54) is 21.8 Å². The van der Waals surface area contributed by atoms with E-state index >= 15 is 0 Å². The molecule has 6 rings (SSSR count). The highest BCUT2D eigenvalue weighted by Gasteiger charge is 2.56. The number of fused-ring (bicyclic) bond motifs is 1. The Morgan fingerprint density at radius 3 is 2.61 bits per heavy atom. The highest BCUT2D eigenvalue weighted by molar-refractivity contribution is 5.84. The number of pyridine rings is 1. The molecule has 4 aromatic rings. The Balaban J connectivity index is 1.13. The summed E-state index contributed by atoms with van der Waals surface area (Å²) in [5, 5.41) is 7.22. The molecule has 218 valence electrons. The molecule has 1 saturated carbocycles. The Morgan fingerprint density at radius 2 is 1.90 bits per heavy atom. The van der Waals surface area contributed by atoms with Crippen molar-refractivity contribution in [3.8, 4) is 11.1 Å². The number of aromatic nitrogens is 5. The Labute approximate surface area is 231 Å². The van der Waals surface area contributed by atoms with Crippen molar-refractivity contribution in [3.63, 3.8) is 0 Å². The number of H-pyrrole nitrogens is 1. The number of nitrogens with zero attached hydrogens (tertiary/aromatic N) is 6. The van der Waals surface area contributed by atoms with E-state index < -0.39 is 30.4 Å². The van der Waals surface area contributed by atoms with Crippen LogP contribution in [0, 0.1) is 11.7 Å². The van der Waals surface area contributed by atoms with Crippen LogP contribution in [0.2, 0.25) is 0 Å². The third-order valence-electron chi connectivity index (χ3n) is 7.75. The van der Waals surface area contributed by atoms with Crippen LogP contribution in [-0.4, -0.2) is 79.4 Å². The summed E-state index contributed by atoms with van der Waals surface area (Å²) in [4.78, 5) is 15.4. The van der Waals surface area contributed by atoms with Gasteiger partial charge in [0.2, 0.25) is 5.95 Å². The average molecular weight is 579 g/mol. The van der Waals surface area contributed by atoms with Crippen LogP contribution >= 0.6 is 0 Å². The summed E-state index contributed by atoms with van der Waals surface area (Å²) in [6.07, 6.45) is 0.278. The van der Waals surface area contributed by atoms with E-state index in [1.807, 2.05) is 19.1 Å². The molecule has 3 aromatic heterocycles. The number of halogens is 6. The van der Waals surface area contributed by atoms with Crippen molar-refractivity contribution >= 4 is 22.8 Å². The van der Waals surface area contributed by atoms with Crippen LogP contribution in [0.5, 0.6) is 0 Å². The fourth-order valence-electron chi connectivity index (χ4n) is 5.28. The number of imidazole rings is 1. The van der Waals surface area contributed by atoms with Gasteiger partial charge < -0.3 is 10.3 Å². The monoisotopic (exact) mass is 578 g/mol. The van der Waals surface area contributed by atoms with Crippen LogP contribution in [0.4, 0.5) is 38.1 Å². The first kappa shape index (κ1) is 27.5. The lowest BCUT2D eigenvalue weighted by atomic mass is 10.1. The molecule has 1 aliphatic carbocycles.